The molecule has 0 bridgehead atoms. The molecule has 0 radical (unpaired) electrons. The van der Waals surface area contributed by atoms with Crippen molar-refractivity contribution in [2.24, 2.45) is 0 Å². The second-order valence-electron chi connectivity index (χ2n) is 7.30. The molecule has 1 aromatic heterocycles. The highest BCUT2D eigenvalue weighted by atomic mass is 35.5. The van der Waals surface area contributed by atoms with E-state index in [9.17, 15) is 4.79 Å². The van der Waals surface area contributed by atoms with Crippen LogP contribution in [0.3, 0.4) is 0 Å². The van der Waals surface area contributed by atoms with E-state index in [1.54, 1.807) is 12.1 Å². The van der Waals surface area contributed by atoms with Crippen molar-refractivity contribution < 1.29 is 14.3 Å². The van der Waals surface area contributed by atoms with Crippen LogP contribution in [0.1, 0.15) is 33.7 Å². The molecule has 29 heavy (non-hydrogen) atoms. The Balaban J connectivity index is 1.48. The van der Waals surface area contributed by atoms with Crippen LogP contribution in [0.5, 0.6) is 11.5 Å². The molecular weight excluding hydrogens is 390 g/mol. The maximum atomic E-state index is 13.1. The summed E-state index contributed by atoms with van der Waals surface area (Å²) in [6.45, 7) is 3.00. The molecule has 0 fully saturated rings. The lowest BCUT2D eigenvalue weighted by Gasteiger charge is -2.19. The van der Waals surface area contributed by atoms with E-state index in [2.05, 4.69) is 10.4 Å². The molecule has 1 aliphatic carbocycles. The number of aromatic nitrogens is 2. The molecule has 6 nitrogen and oxygen atoms in total. The molecule has 5 rings (SSSR count). The SMILES string of the molecule is Cc1ccc(-n2nc(C(=O)Nc3cc4c(cc3Cl)OCCO4)c3c2CCC3)cc1. The van der Waals surface area contributed by atoms with Gasteiger partial charge in [-0.2, -0.15) is 5.10 Å². The number of amides is 1. The summed E-state index contributed by atoms with van der Waals surface area (Å²) in [5.74, 6) is 0.891. The summed E-state index contributed by atoms with van der Waals surface area (Å²) in [6, 6.07) is 11.5. The Labute approximate surface area is 173 Å². The number of nitrogens with one attached hydrogen (secondary N) is 1. The van der Waals surface area contributed by atoms with E-state index in [1.807, 2.05) is 35.9 Å². The zero-order valence-electron chi connectivity index (χ0n) is 16.0. The fraction of sp³-hybridized carbons (Fsp3) is 0.273. The van der Waals surface area contributed by atoms with Gasteiger partial charge in [-0.25, -0.2) is 4.68 Å². The summed E-state index contributed by atoms with van der Waals surface area (Å²) < 4.78 is 13.0. The van der Waals surface area contributed by atoms with Crippen LogP contribution in [0, 0.1) is 6.92 Å². The van der Waals surface area contributed by atoms with Crippen LogP contribution in [0.4, 0.5) is 5.69 Å². The lowest BCUT2D eigenvalue weighted by atomic mass is 10.2. The molecule has 1 aliphatic heterocycles. The summed E-state index contributed by atoms with van der Waals surface area (Å²) in [4.78, 5) is 13.1. The van der Waals surface area contributed by atoms with E-state index in [0.29, 0.717) is 41.1 Å². The van der Waals surface area contributed by atoms with Crippen molar-refractivity contribution in [3.8, 4) is 17.2 Å². The summed E-state index contributed by atoms with van der Waals surface area (Å²) in [7, 11) is 0. The van der Waals surface area contributed by atoms with Gasteiger partial charge in [-0.05, 0) is 38.3 Å². The molecule has 148 valence electrons. The van der Waals surface area contributed by atoms with E-state index in [1.165, 1.54) is 5.56 Å². The van der Waals surface area contributed by atoms with Crippen molar-refractivity contribution >= 4 is 23.2 Å². The third kappa shape index (κ3) is 3.23. The number of halogens is 1. The van der Waals surface area contributed by atoms with Crippen molar-refractivity contribution in [2.75, 3.05) is 18.5 Å². The average Bonchev–Trinajstić information content (AvgIpc) is 3.32. The second kappa shape index (κ2) is 7.12. The molecule has 0 unspecified atom stereocenters. The third-order valence-electron chi connectivity index (χ3n) is 5.30. The van der Waals surface area contributed by atoms with Crippen molar-refractivity contribution in [3.63, 3.8) is 0 Å². The predicted octanol–water partition coefficient (Wildman–Crippen LogP) is 4.35. The van der Waals surface area contributed by atoms with Crippen molar-refractivity contribution in [1.82, 2.24) is 9.78 Å². The number of anilines is 1. The van der Waals surface area contributed by atoms with Crippen molar-refractivity contribution in [2.45, 2.75) is 26.2 Å². The van der Waals surface area contributed by atoms with Crippen molar-refractivity contribution in [3.05, 3.63) is 63.9 Å². The fourth-order valence-electron chi connectivity index (χ4n) is 3.86. The standard InChI is InChI=1S/C22H20ClN3O3/c1-13-5-7-14(8-6-13)26-18-4-2-3-15(18)21(25-26)22(27)24-17-12-20-19(11-16(17)23)28-9-10-29-20/h5-8,11-12H,2-4,9-10H2,1H3,(H,24,27). The smallest absolute Gasteiger partial charge is 0.276 e. The highest BCUT2D eigenvalue weighted by molar-refractivity contribution is 6.34. The summed E-state index contributed by atoms with van der Waals surface area (Å²) in [5, 5.41) is 7.95. The first-order valence-corrected chi connectivity index (χ1v) is 10.1. The molecule has 2 heterocycles. The first-order chi connectivity index (χ1) is 14.1. The van der Waals surface area contributed by atoms with Gasteiger partial charge in [0.05, 0.1) is 16.4 Å². The monoisotopic (exact) mass is 409 g/mol. The van der Waals surface area contributed by atoms with Crippen LogP contribution in [0.2, 0.25) is 5.02 Å². The first kappa shape index (κ1) is 18.1. The van der Waals surface area contributed by atoms with E-state index < -0.39 is 0 Å². The number of ether oxygens (including phenoxy) is 2. The van der Waals surface area contributed by atoms with E-state index >= 15 is 0 Å². The highest BCUT2D eigenvalue weighted by Gasteiger charge is 2.27. The zero-order valence-corrected chi connectivity index (χ0v) is 16.8. The summed E-state index contributed by atoms with van der Waals surface area (Å²) in [5.41, 5.74) is 5.19. The van der Waals surface area contributed by atoms with Crippen LogP contribution in [-0.2, 0) is 12.8 Å². The third-order valence-corrected chi connectivity index (χ3v) is 5.62. The van der Waals surface area contributed by atoms with Gasteiger partial charge in [-0.1, -0.05) is 29.3 Å². The quantitative estimate of drug-likeness (QED) is 0.698. The van der Waals surface area contributed by atoms with Gasteiger partial charge in [-0.3, -0.25) is 4.79 Å². The minimum Gasteiger partial charge on any atom is -0.486 e. The van der Waals surface area contributed by atoms with E-state index in [4.69, 9.17) is 21.1 Å². The largest absolute Gasteiger partial charge is 0.486 e. The number of hydrogen-bond donors (Lipinski definition) is 1. The Bertz CT molecular complexity index is 1110. The normalized spacial score (nSPS) is 14.6. The second-order valence-corrected chi connectivity index (χ2v) is 7.71. The van der Waals surface area contributed by atoms with Gasteiger partial charge in [0, 0.05) is 23.4 Å². The van der Waals surface area contributed by atoms with Gasteiger partial charge in [0.2, 0.25) is 0 Å². The summed E-state index contributed by atoms with van der Waals surface area (Å²) in [6.07, 6.45) is 2.77. The minimum atomic E-state index is -0.271. The average molecular weight is 410 g/mol. The van der Waals surface area contributed by atoms with Gasteiger partial charge >= 0.3 is 0 Å². The number of hydrogen-bond acceptors (Lipinski definition) is 4. The Morgan fingerprint density at radius 3 is 2.59 bits per heavy atom. The fourth-order valence-corrected chi connectivity index (χ4v) is 4.06. The molecule has 2 aromatic carbocycles. The Morgan fingerprint density at radius 1 is 1.10 bits per heavy atom. The molecule has 0 saturated carbocycles. The Morgan fingerprint density at radius 2 is 1.83 bits per heavy atom. The maximum Gasteiger partial charge on any atom is 0.276 e. The van der Waals surface area contributed by atoms with Crippen LogP contribution >= 0.6 is 11.6 Å². The Kier molecular flexibility index (Phi) is 4.43. The topological polar surface area (TPSA) is 65.4 Å². The van der Waals surface area contributed by atoms with Crippen LogP contribution in [0.15, 0.2) is 36.4 Å². The van der Waals surface area contributed by atoms with Gasteiger partial charge < -0.3 is 14.8 Å². The van der Waals surface area contributed by atoms with Gasteiger partial charge in [-0.15, -0.1) is 0 Å². The van der Waals surface area contributed by atoms with Gasteiger partial charge in [0.15, 0.2) is 17.2 Å². The van der Waals surface area contributed by atoms with E-state index in [0.717, 1.165) is 36.2 Å². The molecule has 0 saturated heterocycles. The van der Waals surface area contributed by atoms with Crippen LogP contribution < -0.4 is 14.8 Å². The Hall–Kier alpha value is -2.99. The number of benzene rings is 2. The predicted molar refractivity (Wildman–Crippen MR) is 111 cm³/mol. The molecule has 0 atom stereocenters. The van der Waals surface area contributed by atoms with Crippen LogP contribution in [0.25, 0.3) is 5.69 Å². The number of nitrogens with zero attached hydrogens (tertiary/aromatic N) is 2. The van der Waals surface area contributed by atoms with E-state index in [-0.39, 0.29) is 5.91 Å². The zero-order chi connectivity index (χ0) is 20.0. The highest BCUT2D eigenvalue weighted by Crippen LogP contribution is 2.38. The molecule has 0 spiro atoms. The number of rotatable bonds is 3. The molecule has 3 aromatic rings. The molecule has 1 amide bonds. The molecular formula is C22H20ClN3O3. The van der Waals surface area contributed by atoms with Gasteiger partial charge in [0.25, 0.3) is 5.91 Å². The lowest BCUT2D eigenvalue weighted by molar-refractivity contribution is 0.102. The molecule has 2 aliphatic rings. The minimum absolute atomic E-state index is 0.271. The number of carbonyl (C=O) groups excluding carboxylic acids is 1. The summed E-state index contributed by atoms with van der Waals surface area (Å²) >= 11 is 6.35. The lowest BCUT2D eigenvalue weighted by Crippen LogP contribution is -2.18. The van der Waals surface area contributed by atoms with Gasteiger partial charge in [0.1, 0.15) is 13.2 Å². The maximum absolute atomic E-state index is 13.1. The number of carbonyl (C=O) groups is 1. The molecule has 7 heteroatoms. The first-order valence-electron chi connectivity index (χ1n) is 9.68. The molecule has 1 N–H and O–H groups in total. The number of aryl methyl sites for hydroxylation is 1. The van der Waals surface area contributed by atoms with Crippen molar-refractivity contribution in [1.29, 1.82) is 0 Å². The number of fused-ring (bicyclic) bond motifs is 2. The van der Waals surface area contributed by atoms with Crippen LogP contribution in [-0.4, -0.2) is 28.9 Å².